The molecular weight excluding hydrogens is 743 g/mol. The topological polar surface area (TPSA) is 120 Å². The molecule has 1 atom stereocenters. The summed E-state index contributed by atoms with van der Waals surface area (Å²) in [5, 5.41) is 12.9. The Balaban J connectivity index is 1.22. The lowest BCUT2D eigenvalue weighted by Crippen LogP contribution is -2.45. The van der Waals surface area contributed by atoms with Crippen LogP contribution in [0.5, 0.6) is 17.2 Å². The molecule has 4 aromatic rings. The van der Waals surface area contributed by atoms with Crippen molar-refractivity contribution < 1.29 is 28.5 Å². The van der Waals surface area contributed by atoms with Crippen LogP contribution in [0.25, 0.3) is 10.8 Å². The molecule has 248 valence electrons. The van der Waals surface area contributed by atoms with Crippen molar-refractivity contribution in [1.29, 1.82) is 0 Å². The SMILES string of the molecule is CCOC(=O)C1=C(C)NC(=S)N[C@H]1c1ccccc1OCC(=O)NN=Cc1cc(I)c(OCc2ccc3ccccc3c2)c(OCC)c1. The molecule has 12 heteroatoms. The van der Waals surface area contributed by atoms with Crippen molar-refractivity contribution in [1.82, 2.24) is 16.1 Å². The minimum Gasteiger partial charge on any atom is -0.490 e. The molecule has 1 amide bonds. The van der Waals surface area contributed by atoms with E-state index in [1.165, 1.54) is 11.6 Å². The minimum atomic E-state index is -0.628. The fourth-order valence-electron chi connectivity index (χ4n) is 5.16. The number of benzene rings is 4. The summed E-state index contributed by atoms with van der Waals surface area (Å²) in [5.74, 6) is 0.677. The summed E-state index contributed by atoms with van der Waals surface area (Å²) in [7, 11) is 0. The number of thiocarbonyl (C=S) groups is 1. The molecule has 0 fully saturated rings. The summed E-state index contributed by atoms with van der Waals surface area (Å²) >= 11 is 7.55. The zero-order chi connectivity index (χ0) is 34.0. The average Bonchev–Trinajstić information content (AvgIpc) is 3.07. The highest BCUT2D eigenvalue weighted by atomic mass is 127. The summed E-state index contributed by atoms with van der Waals surface area (Å²) < 4.78 is 24.1. The second-order valence-corrected chi connectivity index (χ2v) is 12.2. The molecule has 0 spiro atoms. The van der Waals surface area contributed by atoms with Gasteiger partial charge >= 0.3 is 5.97 Å². The number of allylic oxidation sites excluding steroid dienone is 1. The fraction of sp³-hybridized carbons (Fsp3) is 0.222. The van der Waals surface area contributed by atoms with Gasteiger partial charge in [-0.05, 0) is 102 Å². The molecule has 3 N–H and O–H groups in total. The third-order valence-electron chi connectivity index (χ3n) is 7.28. The summed E-state index contributed by atoms with van der Waals surface area (Å²) in [4.78, 5) is 25.5. The zero-order valence-corrected chi connectivity index (χ0v) is 29.6. The molecule has 0 saturated carbocycles. The molecule has 5 rings (SSSR count). The van der Waals surface area contributed by atoms with Gasteiger partial charge in [0.05, 0.1) is 34.6 Å². The number of esters is 1. The predicted molar refractivity (Wildman–Crippen MR) is 197 cm³/mol. The zero-order valence-electron chi connectivity index (χ0n) is 26.7. The number of hydrogen-bond acceptors (Lipinski definition) is 8. The van der Waals surface area contributed by atoms with E-state index < -0.39 is 17.9 Å². The second-order valence-electron chi connectivity index (χ2n) is 10.6. The van der Waals surface area contributed by atoms with Gasteiger partial charge < -0.3 is 29.6 Å². The van der Waals surface area contributed by atoms with Gasteiger partial charge in [-0.15, -0.1) is 0 Å². The first kappa shape index (κ1) is 34.6. The number of hydrogen-bond donors (Lipinski definition) is 3. The fourth-order valence-corrected chi connectivity index (χ4v) is 6.21. The maximum absolute atomic E-state index is 12.8. The van der Waals surface area contributed by atoms with Crippen LogP contribution in [0.3, 0.4) is 0 Å². The number of ether oxygens (including phenoxy) is 4. The minimum absolute atomic E-state index is 0.224. The van der Waals surface area contributed by atoms with Crippen molar-refractivity contribution in [2.45, 2.75) is 33.4 Å². The lowest BCUT2D eigenvalue weighted by atomic mass is 9.95. The molecule has 0 unspecified atom stereocenters. The number of nitrogens with one attached hydrogen (secondary N) is 3. The molecule has 1 heterocycles. The number of nitrogens with zero attached hydrogens (tertiary/aromatic N) is 1. The largest absolute Gasteiger partial charge is 0.490 e. The summed E-state index contributed by atoms with van der Waals surface area (Å²) in [6, 6.07) is 24.7. The summed E-state index contributed by atoms with van der Waals surface area (Å²) in [6.45, 7) is 6.15. The van der Waals surface area contributed by atoms with Crippen LogP contribution in [0.4, 0.5) is 0 Å². The average molecular weight is 779 g/mol. The Labute approximate surface area is 298 Å². The Morgan fingerprint density at radius 2 is 1.71 bits per heavy atom. The maximum Gasteiger partial charge on any atom is 0.338 e. The van der Waals surface area contributed by atoms with E-state index in [1.54, 1.807) is 32.0 Å². The molecule has 1 aliphatic rings. The van der Waals surface area contributed by atoms with Gasteiger partial charge in [-0.1, -0.05) is 54.6 Å². The highest BCUT2D eigenvalue weighted by Crippen LogP contribution is 2.35. The predicted octanol–water partition coefficient (Wildman–Crippen LogP) is 6.31. The second kappa shape index (κ2) is 16.4. The Bertz CT molecular complexity index is 1900. The van der Waals surface area contributed by atoms with Gasteiger partial charge in [0.25, 0.3) is 5.91 Å². The van der Waals surface area contributed by atoms with E-state index in [1.807, 2.05) is 37.3 Å². The summed E-state index contributed by atoms with van der Waals surface area (Å²) in [6.07, 6.45) is 1.53. The third-order valence-corrected chi connectivity index (χ3v) is 8.31. The number of carbonyl (C=O) groups excluding carboxylic acids is 2. The van der Waals surface area contributed by atoms with E-state index >= 15 is 0 Å². The van der Waals surface area contributed by atoms with Crippen LogP contribution in [0.1, 0.15) is 43.5 Å². The third kappa shape index (κ3) is 8.61. The van der Waals surface area contributed by atoms with Crippen molar-refractivity contribution in [3.05, 3.63) is 110 Å². The van der Waals surface area contributed by atoms with E-state index in [0.717, 1.165) is 14.5 Å². The van der Waals surface area contributed by atoms with E-state index in [0.29, 0.717) is 58.0 Å². The normalized spacial score (nSPS) is 14.3. The molecule has 0 aliphatic carbocycles. The number of rotatable bonds is 13. The van der Waals surface area contributed by atoms with Crippen LogP contribution in [-0.2, 0) is 20.9 Å². The Hall–Kier alpha value is -4.69. The highest BCUT2D eigenvalue weighted by molar-refractivity contribution is 14.1. The molecule has 1 aliphatic heterocycles. The first-order chi connectivity index (χ1) is 23.3. The number of hydrazone groups is 1. The van der Waals surface area contributed by atoms with E-state index in [4.69, 9.17) is 31.2 Å². The highest BCUT2D eigenvalue weighted by Gasteiger charge is 2.32. The lowest BCUT2D eigenvalue weighted by Gasteiger charge is -2.30. The molecule has 48 heavy (non-hydrogen) atoms. The first-order valence-electron chi connectivity index (χ1n) is 15.3. The summed E-state index contributed by atoms with van der Waals surface area (Å²) in [5.41, 5.74) is 5.85. The molecule has 0 aromatic heterocycles. The van der Waals surface area contributed by atoms with Crippen molar-refractivity contribution >= 4 is 68.8 Å². The van der Waals surface area contributed by atoms with Gasteiger partial charge in [0.1, 0.15) is 12.4 Å². The van der Waals surface area contributed by atoms with Crippen molar-refractivity contribution in [2.24, 2.45) is 5.10 Å². The molecule has 0 saturated heterocycles. The van der Waals surface area contributed by atoms with E-state index in [9.17, 15) is 9.59 Å². The smallest absolute Gasteiger partial charge is 0.338 e. The quantitative estimate of drug-likeness (QED) is 0.0472. The number of para-hydroxylation sites is 1. The van der Waals surface area contributed by atoms with Crippen LogP contribution >= 0.6 is 34.8 Å². The van der Waals surface area contributed by atoms with Crippen LogP contribution < -0.4 is 30.3 Å². The van der Waals surface area contributed by atoms with Gasteiger partial charge in [0.2, 0.25) is 0 Å². The Morgan fingerprint density at radius 3 is 2.50 bits per heavy atom. The van der Waals surface area contributed by atoms with Crippen molar-refractivity contribution in [3.8, 4) is 17.2 Å². The molecular formula is C36H35IN4O6S. The van der Waals surface area contributed by atoms with Crippen molar-refractivity contribution in [3.63, 3.8) is 0 Å². The van der Waals surface area contributed by atoms with E-state index in [2.05, 4.69) is 74.1 Å². The van der Waals surface area contributed by atoms with Crippen LogP contribution in [0.15, 0.2) is 95.2 Å². The molecule has 4 aromatic carbocycles. The van der Waals surface area contributed by atoms with Crippen molar-refractivity contribution in [2.75, 3.05) is 19.8 Å². The van der Waals surface area contributed by atoms with Crippen LogP contribution in [-0.4, -0.2) is 43.0 Å². The first-order valence-corrected chi connectivity index (χ1v) is 16.8. The Kier molecular flexibility index (Phi) is 11.9. The van der Waals surface area contributed by atoms with Crippen LogP contribution in [0.2, 0.25) is 0 Å². The number of amides is 1. The number of carbonyl (C=O) groups is 2. The number of halogens is 1. The maximum atomic E-state index is 12.8. The van der Waals surface area contributed by atoms with Gasteiger partial charge in [-0.3, -0.25) is 4.79 Å². The monoisotopic (exact) mass is 778 g/mol. The molecule has 10 nitrogen and oxygen atoms in total. The van der Waals surface area contributed by atoms with Gasteiger partial charge in [-0.25, -0.2) is 10.2 Å². The van der Waals surface area contributed by atoms with E-state index in [-0.39, 0.29) is 13.2 Å². The molecule has 0 bridgehead atoms. The van der Waals surface area contributed by atoms with Crippen LogP contribution in [0, 0.1) is 3.57 Å². The standard InChI is InChI=1S/C36H35IN4O6S/c1-4-44-30-18-24(17-28(37)34(30)47-20-23-14-15-25-10-6-7-11-26(25)16-23)19-38-41-31(42)21-46-29-13-9-8-12-27(29)33-32(35(43)45-5-2)22(3)39-36(48)40-33/h6-19,33H,4-5,20-21H2,1-3H3,(H,41,42)(H2,39,40,48)/t33-/m0/s1. The lowest BCUT2D eigenvalue weighted by molar-refractivity contribution is -0.139. The number of fused-ring (bicyclic) bond motifs is 1. The van der Waals surface area contributed by atoms with Gasteiger partial charge in [-0.2, -0.15) is 5.10 Å². The van der Waals surface area contributed by atoms with Gasteiger partial charge in [0.15, 0.2) is 23.2 Å². The molecule has 0 radical (unpaired) electrons. The van der Waals surface area contributed by atoms with Gasteiger partial charge in [0, 0.05) is 11.3 Å². The Morgan fingerprint density at radius 1 is 0.938 bits per heavy atom.